The largest absolute Gasteiger partial charge is 0.489 e. The van der Waals surface area contributed by atoms with E-state index in [1.165, 1.54) is 4.90 Å². The van der Waals surface area contributed by atoms with Gasteiger partial charge in [-0.2, -0.15) is 0 Å². The molecule has 0 aliphatic rings. The summed E-state index contributed by atoms with van der Waals surface area (Å²) in [7, 11) is 1.55. The number of nitrogens with one attached hydrogen (secondary N) is 1. The summed E-state index contributed by atoms with van der Waals surface area (Å²) < 4.78 is 5.37. The number of carbonyl (C=O) groups excluding carboxylic acids is 1. The van der Waals surface area contributed by atoms with E-state index in [1.54, 1.807) is 44.3 Å². The third-order valence-electron chi connectivity index (χ3n) is 2.77. The van der Waals surface area contributed by atoms with E-state index in [9.17, 15) is 9.59 Å². The van der Waals surface area contributed by atoms with Crippen molar-refractivity contribution >= 4 is 17.7 Å². The Labute approximate surface area is 124 Å². The number of amides is 2. The smallest absolute Gasteiger partial charge is 0.321 e. The normalized spacial score (nSPS) is 11.3. The molecule has 0 fully saturated rings. The standard InChI is InChI=1S/C15H20N2O4/c1-4-8-21-13-7-5-6-12(9-13)16-15(20)17(3)10-11(2)14(18)19/h4-7,9,11H,1,8,10H2,2-3H3,(H,16,20)(H,18,19). The van der Waals surface area contributed by atoms with E-state index in [0.29, 0.717) is 18.0 Å². The molecular formula is C15H20N2O4. The van der Waals surface area contributed by atoms with Gasteiger partial charge in [0.25, 0.3) is 0 Å². The zero-order chi connectivity index (χ0) is 15.8. The molecule has 1 atom stereocenters. The van der Waals surface area contributed by atoms with E-state index in [4.69, 9.17) is 9.84 Å². The highest BCUT2D eigenvalue weighted by Gasteiger charge is 2.17. The van der Waals surface area contributed by atoms with E-state index in [2.05, 4.69) is 11.9 Å². The van der Waals surface area contributed by atoms with Crippen LogP contribution in [0.4, 0.5) is 10.5 Å². The van der Waals surface area contributed by atoms with Gasteiger partial charge in [-0.3, -0.25) is 4.79 Å². The number of benzene rings is 1. The Morgan fingerprint density at radius 3 is 2.86 bits per heavy atom. The Hall–Kier alpha value is -2.50. The molecule has 0 heterocycles. The molecule has 0 radical (unpaired) electrons. The first-order valence-corrected chi connectivity index (χ1v) is 6.52. The number of carboxylic acids is 1. The van der Waals surface area contributed by atoms with Crippen molar-refractivity contribution in [3.05, 3.63) is 36.9 Å². The molecule has 21 heavy (non-hydrogen) atoms. The maximum Gasteiger partial charge on any atom is 0.321 e. The summed E-state index contributed by atoms with van der Waals surface area (Å²) in [6, 6.07) is 6.58. The third kappa shape index (κ3) is 5.56. The number of urea groups is 1. The molecule has 6 nitrogen and oxygen atoms in total. The van der Waals surface area contributed by atoms with E-state index >= 15 is 0 Å². The van der Waals surface area contributed by atoms with Crippen LogP contribution in [-0.4, -0.2) is 42.2 Å². The zero-order valence-corrected chi connectivity index (χ0v) is 12.2. The molecule has 114 valence electrons. The molecule has 1 unspecified atom stereocenters. The molecule has 0 bridgehead atoms. The Kier molecular flexibility index (Phi) is 6.26. The monoisotopic (exact) mass is 292 g/mol. The molecule has 0 saturated heterocycles. The van der Waals surface area contributed by atoms with Crippen molar-refractivity contribution in [2.75, 3.05) is 25.5 Å². The SMILES string of the molecule is C=CCOc1cccc(NC(=O)N(C)CC(C)C(=O)O)c1. The van der Waals surface area contributed by atoms with Gasteiger partial charge in [-0.25, -0.2) is 4.79 Å². The lowest BCUT2D eigenvalue weighted by Crippen LogP contribution is -2.36. The van der Waals surface area contributed by atoms with Gasteiger partial charge in [-0.05, 0) is 12.1 Å². The Morgan fingerprint density at radius 1 is 1.52 bits per heavy atom. The maximum atomic E-state index is 12.0. The van der Waals surface area contributed by atoms with Gasteiger partial charge in [0.1, 0.15) is 12.4 Å². The molecule has 0 aliphatic carbocycles. The van der Waals surface area contributed by atoms with Gasteiger partial charge in [0.05, 0.1) is 5.92 Å². The lowest BCUT2D eigenvalue weighted by atomic mass is 10.2. The van der Waals surface area contributed by atoms with Gasteiger partial charge < -0.3 is 20.1 Å². The maximum absolute atomic E-state index is 12.0. The van der Waals surface area contributed by atoms with E-state index in [-0.39, 0.29) is 12.6 Å². The van der Waals surface area contributed by atoms with Crippen LogP contribution in [0.3, 0.4) is 0 Å². The Bertz CT molecular complexity index is 516. The zero-order valence-electron chi connectivity index (χ0n) is 12.2. The fourth-order valence-electron chi connectivity index (χ4n) is 1.61. The fraction of sp³-hybridized carbons (Fsp3) is 0.333. The van der Waals surface area contributed by atoms with Crippen LogP contribution in [0.2, 0.25) is 0 Å². The topological polar surface area (TPSA) is 78.9 Å². The highest BCUT2D eigenvalue weighted by Crippen LogP contribution is 2.17. The number of hydrogen-bond acceptors (Lipinski definition) is 3. The summed E-state index contributed by atoms with van der Waals surface area (Å²) in [5, 5.41) is 11.5. The van der Waals surface area contributed by atoms with Crippen molar-refractivity contribution in [1.82, 2.24) is 4.90 Å². The first kappa shape index (κ1) is 16.6. The fourth-order valence-corrected chi connectivity index (χ4v) is 1.61. The van der Waals surface area contributed by atoms with Crippen LogP contribution in [0.15, 0.2) is 36.9 Å². The number of rotatable bonds is 7. The number of carbonyl (C=O) groups is 2. The molecule has 0 spiro atoms. The van der Waals surface area contributed by atoms with E-state index in [1.807, 2.05) is 0 Å². The molecule has 6 heteroatoms. The van der Waals surface area contributed by atoms with Crippen LogP contribution in [-0.2, 0) is 4.79 Å². The van der Waals surface area contributed by atoms with E-state index < -0.39 is 11.9 Å². The van der Waals surface area contributed by atoms with Gasteiger partial charge >= 0.3 is 12.0 Å². The molecule has 1 aromatic rings. The van der Waals surface area contributed by atoms with Crippen LogP contribution >= 0.6 is 0 Å². The highest BCUT2D eigenvalue weighted by molar-refractivity contribution is 5.89. The molecule has 1 rings (SSSR count). The number of carboxylic acid groups (broad SMARTS) is 1. The quantitative estimate of drug-likeness (QED) is 0.757. The average Bonchev–Trinajstić information content (AvgIpc) is 2.45. The number of anilines is 1. The Balaban J connectivity index is 2.61. The first-order valence-electron chi connectivity index (χ1n) is 6.52. The van der Waals surface area contributed by atoms with Crippen LogP contribution in [0, 0.1) is 5.92 Å². The van der Waals surface area contributed by atoms with Gasteiger partial charge in [-0.1, -0.05) is 25.6 Å². The summed E-state index contributed by atoms with van der Waals surface area (Å²) in [6.45, 7) is 5.63. The molecule has 0 saturated carbocycles. The summed E-state index contributed by atoms with van der Waals surface area (Å²) >= 11 is 0. The van der Waals surface area contributed by atoms with Crippen molar-refractivity contribution in [1.29, 1.82) is 0 Å². The van der Waals surface area contributed by atoms with Gasteiger partial charge in [0.15, 0.2) is 0 Å². The molecule has 0 aliphatic heterocycles. The minimum Gasteiger partial charge on any atom is -0.489 e. The van der Waals surface area contributed by atoms with Crippen molar-refractivity contribution in [2.45, 2.75) is 6.92 Å². The molecule has 2 N–H and O–H groups in total. The summed E-state index contributed by atoms with van der Waals surface area (Å²) in [6.07, 6.45) is 1.63. The Morgan fingerprint density at radius 2 is 2.24 bits per heavy atom. The van der Waals surface area contributed by atoms with Crippen LogP contribution in [0.5, 0.6) is 5.75 Å². The molecule has 2 amide bonds. The second kappa shape index (κ2) is 7.94. The van der Waals surface area contributed by atoms with Gasteiger partial charge in [0.2, 0.25) is 0 Å². The van der Waals surface area contributed by atoms with Crippen LogP contribution < -0.4 is 10.1 Å². The minimum atomic E-state index is -0.936. The van der Waals surface area contributed by atoms with Crippen molar-refractivity contribution in [3.63, 3.8) is 0 Å². The summed E-state index contributed by atoms with van der Waals surface area (Å²) in [5.41, 5.74) is 0.580. The van der Waals surface area contributed by atoms with Gasteiger partial charge in [0, 0.05) is 25.3 Å². The predicted molar refractivity (Wildman–Crippen MR) is 80.6 cm³/mol. The lowest BCUT2D eigenvalue weighted by Gasteiger charge is -2.20. The van der Waals surface area contributed by atoms with Gasteiger partial charge in [-0.15, -0.1) is 0 Å². The highest BCUT2D eigenvalue weighted by atomic mass is 16.5. The third-order valence-corrected chi connectivity index (χ3v) is 2.77. The summed E-state index contributed by atoms with van der Waals surface area (Å²) in [5.74, 6) is -0.938. The lowest BCUT2D eigenvalue weighted by molar-refractivity contribution is -0.141. The number of ether oxygens (including phenoxy) is 1. The minimum absolute atomic E-state index is 0.133. The van der Waals surface area contributed by atoms with Crippen LogP contribution in [0.1, 0.15) is 6.92 Å². The number of nitrogens with zero attached hydrogens (tertiary/aromatic N) is 1. The van der Waals surface area contributed by atoms with Crippen molar-refractivity contribution < 1.29 is 19.4 Å². The second-order valence-electron chi connectivity index (χ2n) is 4.68. The van der Waals surface area contributed by atoms with Crippen molar-refractivity contribution in [3.8, 4) is 5.75 Å². The first-order chi connectivity index (χ1) is 9.93. The predicted octanol–water partition coefficient (Wildman–Crippen LogP) is 2.44. The molecule has 1 aromatic carbocycles. The molecular weight excluding hydrogens is 272 g/mol. The second-order valence-corrected chi connectivity index (χ2v) is 4.68. The average molecular weight is 292 g/mol. The molecule has 0 aromatic heterocycles. The number of hydrogen-bond donors (Lipinski definition) is 2. The number of aliphatic carboxylic acids is 1. The van der Waals surface area contributed by atoms with Crippen LogP contribution in [0.25, 0.3) is 0 Å². The summed E-state index contributed by atoms with van der Waals surface area (Å²) in [4.78, 5) is 24.1. The van der Waals surface area contributed by atoms with E-state index in [0.717, 1.165) is 0 Å². The van der Waals surface area contributed by atoms with Crippen molar-refractivity contribution in [2.24, 2.45) is 5.92 Å².